The number of sulfonamides is 1. The summed E-state index contributed by atoms with van der Waals surface area (Å²) < 4.78 is 38.9. The van der Waals surface area contributed by atoms with Crippen LogP contribution in [0.15, 0.2) is 52.2 Å². The van der Waals surface area contributed by atoms with Crippen molar-refractivity contribution in [3.8, 4) is 11.5 Å². The van der Waals surface area contributed by atoms with Gasteiger partial charge in [-0.15, -0.1) is 0 Å². The number of hydrogen-bond donors (Lipinski definition) is 1. The van der Waals surface area contributed by atoms with Gasteiger partial charge in [0.15, 0.2) is 11.5 Å². The van der Waals surface area contributed by atoms with Gasteiger partial charge in [-0.05, 0) is 31.2 Å². The standard InChI is InChI=1S/C25H29N3O6S/c1-4-27(16-17-8-7-9-22-24(17)34-13-12-33-22)25(30)20-15-23(29)26-21-11-10-18(14-19(20)21)35(31,32)28(5-2)6-3/h7-11,14-15H,4-6,12-13,16H2,1-3H3,(H,26,29). The molecule has 4 rings (SSSR count). The van der Waals surface area contributed by atoms with Crippen molar-refractivity contribution in [2.24, 2.45) is 0 Å². The fraction of sp³-hybridized carbons (Fsp3) is 0.360. The molecule has 35 heavy (non-hydrogen) atoms. The van der Waals surface area contributed by atoms with Crippen LogP contribution in [-0.2, 0) is 16.6 Å². The Morgan fingerprint density at radius 2 is 1.74 bits per heavy atom. The lowest BCUT2D eigenvalue weighted by atomic mass is 10.1. The summed E-state index contributed by atoms with van der Waals surface area (Å²) in [5, 5.41) is 0.371. The van der Waals surface area contributed by atoms with Gasteiger partial charge in [-0.1, -0.05) is 26.0 Å². The third-order valence-electron chi connectivity index (χ3n) is 6.07. The lowest BCUT2D eigenvalue weighted by molar-refractivity contribution is 0.0751. The minimum absolute atomic E-state index is 0.0699. The van der Waals surface area contributed by atoms with Crippen LogP contribution < -0.4 is 15.0 Å². The molecule has 2 heterocycles. The van der Waals surface area contributed by atoms with E-state index < -0.39 is 15.6 Å². The van der Waals surface area contributed by atoms with Gasteiger partial charge in [-0.25, -0.2) is 8.42 Å². The van der Waals surface area contributed by atoms with Gasteiger partial charge in [-0.2, -0.15) is 4.31 Å². The van der Waals surface area contributed by atoms with Gasteiger partial charge in [0.2, 0.25) is 15.6 Å². The Bertz CT molecular complexity index is 1410. The summed E-state index contributed by atoms with van der Waals surface area (Å²) in [6.07, 6.45) is 0. The summed E-state index contributed by atoms with van der Waals surface area (Å²) in [5.74, 6) is 0.855. The number of aromatic amines is 1. The van der Waals surface area contributed by atoms with Crippen molar-refractivity contribution in [2.75, 3.05) is 32.8 Å². The van der Waals surface area contributed by atoms with Gasteiger partial charge < -0.3 is 19.4 Å². The Morgan fingerprint density at radius 1 is 1.00 bits per heavy atom. The Kier molecular flexibility index (Phi) is 7.13. The first-order valence-electron chi connectivity index (χ1n) is 11.6. The van der Waals surface area contributed by atoms with Crippen LogP contribution in [0.1, 0.15) is 36.7 Å². The molecule has 1 N–H and O–H groups in total. The van der Waals surface area contributed by atoms with E-state index in [0.717, 1.165) is 5.56 Å². The first-order valence-corrected chi connectivity index (χ1v) is 13.1. The van der Waals surface area contributed by atoms with Crippen LogP contribution >= 0.6 is 0 Å². The van der Waals surface area contributed by atoms with E-state index in [1.807, 2.05) is 25.1 Å². The molecule has 3 aromatic rings. The smallest absolute Gasteiger partial charge is 0.255 e. The van der Waals surface area contributed by atoms with Crippen molar-refractivity contribution in [2.45, 2.75) is 32.2 Å². The Morgan fingerprint density at radius 3 is 2.46 bits per heavy atom. The largest absolute Gasteiger partial charge is 0.486 e. The van der Waals surface area contributed by atoms with Crippen molar-refractivity contribution >= 4 is 26.8 Å². The molecule has 0 unspecified atom stereocenters. The SMILES string of the molecule is CCN(Cc1cccc2c1OCCO2)C(=O)c1cc(=O)[nH]c2ccc(S(=O)(=O)N(CC)CC)cc12. The van der Waals surface area contributed by atoms with Gasteiger partial charge in [0, 0.05) is 48.7 Å². The second-order valence-electron chi connectivity index (χ2n) is 8.10. The van der Waals surface area contributed by atoms with E-state index in [2.05, 4.69) is 4.98 Å². The molecule has 10 heteroatoms. The van der Waals surface area contributed by atoms with E-state index in [-0.39, 0.29) is 22.9 Å². The van der Waals surface area contributed by atoms with Crippen LogP contribution in [0.25, 0.3) is 10.9 Å². The van der Waals surface area contributed by atoms with Crippen LogP contribution in [-0.4, -0.2) is 61.4 Å². The molecule has 1 aliphatic rings. The van der Waals surface area contributed by atoms with Crippen molar-refractivity contribution in [3.05, 3.63) is 63.9 Å². The van der Waals surface area contributed by atoms with Crippen molar-refractivity contribution in [3.63, 3.8) is 0 Å². The highest BCUT2D eigenvalue weighted by atomic mass is 32.2. The van der Waals surface area contributed by atoms with E-state index >= 15 is 0 Å². The van der Waals surface area contributed by atoms with Gasteiger partial charge in [0.1, 0.15) is 13.2 Å². The highest BCUT2D eigenvalue weighted by Gasteiger charge is 2.25. The molecule has 0 radical (unpaired) electrons. The van der Waals surface area contributed by atoms with Crippen LogP contribution in [0.3, 0.4) is 0 Å². The number of fused-ring (bicyclic) bond motifs is 2. The number of nitrogens with zero attached hydrogens (tertiary/aromatic N) is 2. The molecule has 0 atom stereocenters. The Labute approximate surface area is 204 Å². The number of rotatable bonds is 8. The van der Waals surface area contributed by atoms with E-state index in [1.165, 1.54) is 28.6 Å². The summed E-state index contributed by atoms with van der Waals surface area (Å²) in [6.45, 7) is 7.53. The molecule has 0 fully saturated rings. The molecule has 1 amide bonds. The minimum atomic E-state index is -3.74. The zero-order chi connectivity index (χ0) is 25.2. The number of hydrogen-bond acceptors (Lipinski definition) is 6. The zero-order valence-corrected chi connectivity index (χ0v) is 20.9. The second kappa shape index (κ2) is 10.1. The number of aromatic nitrogens is 1. The van der Waals surface area contributed by atoms with Crippen LogP contribution in [0.2, 0.25) is 0 Å². The molecule has 2 aromatic carbocycles. The Hall–Kier alpha value is -3.37. The van der Waals surface area contributed by atoms with Crippen molar-refractivity contribution in [1.29, 1.82) is 0 Å². The maximum Gasteiger partial charge on any atom is 0.255 e. The summed E-state index contributed by atoms with van der Waals surface area (Å²) in [4.78, 5) is 30.4. The highest BCUT2D eigenvalue weighted by Crippen LogP contribution is 2.34. The molecule has 186 valence electrons. The maximum absolute atomic E-state index is 13.7. The van der Waals surface area contributed by atoms with Crippen LogP contribution in [0, 0.1) is 0 Å². The van der Waals surface area contributed by atoms with Gasteiger partial charge in [0.25, 0.3) is 5.91 Å². The predicted molar refractivity (Wildman–Crippen MR) is 133 cm³/mol. The quantitative estimate of drug-likeness (QED) is 0.510. The lowest BCUT2D eigenvalue weighted by Gasteiger charge is -2.26. The Balaban J connectivity index is 1.76. The number of H-pyrrole nitrogens is 1. The van der Waals surface area contributed by atoms with E-state index in [0.29, 0.717) is 55.2 Å². The van der Waals surface area contributed by atoms with Gasteiger partial charge in [-0.3, -0.25) is 9.59 Å². The number of carbonyl (C=O) groups excluding carboxylic acids is 1. The topological polar surface area (TPSA) is 109 Å². The zero-order valence-electron chi connectivity index (χ0n) is 20.0. The number of para-hydroxylation sites is 1. The highest BCUT2D eigenvalue weighted by molar-refractivity contribution is 7.89. The third-order valence-corrected chi connectivity index (χ3v) is 8.11. The average molecular weight is 500 g/mol. The molecule has 0 saturated heterocycles. The fourth-order valence-electron chi connectivity index (χ4n) is 4.24. The number of nitrogens with one attached hydrogen (secondary N) is 1. The number of carbonyl (C=O) groups is 1. The monoisotopic (exact) mass is 499 g/mol. The maximum atomic E-state index is 13.7. The lowest BCUT2D eigenvalue weighted by Crippen LogP contribution is -2.32. The van der Waals surface area contributed by atoms with E-state index in [1.54, 1.807) is 18.7 Å². The number of pyridine rings is 1. The average Bonchev–Trinajstić information content (AvgIpc) is 2.86. The molecular weight excluding hydrogens is 470 g/mol. The summed E-state index contributed by atoms with van der Waals surface area (Å²) in [6, 6.07) is 11.2. The first-order chi connectivity index (χ1) is 16.8. The summed E-state index contributed by atoms with van der Waals surface area (Å²) in [5.41, 5.74) is 0.884. The number of amides is 1. The first kappa shape index (κ1) is 24.7. The van der Waals surface area contributed by atoms with Crippen molar-refractivity contribution < 1.29 is 22.7 Å². The molecule has 9 nitrogen and oxygen atoms in total. The number of benzene rings is 2. The molecule has 1 aliphatic heterocycles. The van der Waals surface area contributed by atoms with Gasteiger partial charge in [0.05, 0.1) is 10.5 Å². The molecule has 0 spiro atoms. The molecule has 0 bridgehead atoms. The van der Waals surface area contributed by atoms with E-state index in [9.17, 15) is 18.0 Å². The third kappa shape index (κ3) is 4.76. The summed E-state index contributed by atoms with van der Waals surface area (Å²) in [7, 11) is -3.74. The molecule has 0 saturated carbocycles. The number of ether oxygens (including phenoxy) is 2. The fourth-order valence-corrected chi connectivity index (χ4v) is 5.73. The summed E-state index contributed by atoms with van der Waals surface area (Å²) >= 11 is 0. The molecular formula is C25H29N3O6S. The molecule has 0 aliphatic carbocycles. The second-order valence-corrected chi connectivity index (χ2v) is 10.0. The van der Waals surface area contributed by atoms with E-state index in [4.69, 9.17) is 9.47 Å². The van der Waals surface area contributed by atoms with Crippen molar-refractivity contribution in [1.82, 2.24) is 14.2 Å². The predicted octanol–water partition coefficient (Wildman–Crippen LogP) is 2.99. The normalized spacial score (nSPS) is 13.3. The van der Waals surface area contributed by atoms with Crippen LogP contribution in [0.5, 0.6) is 11.5 Å². The van der Waals surface area contributed by atoms with Crippen LogP contribution in [0.4, 0.5) is 0 Å². The minimum Gasteiger partial charge on any atom is -0.486 e. The molecule has 1 aromatic heterocycles. The van der Waals surface area contributed by atoms with Gasteiger partial charge >= 0.3 is 0 Å².